The molecule has 0 aliphatic heterocycles. The van der Waals surface area contributed by atoms with Crippen molar-refractivity contribution in [1.29, 1.82) is 0 Å². The summed E-state index contributed by atoms with van der Waals surface area (Å²) < 4.78 is 1.63. The van der Waals surface area contributed by atoms with Crippen LogP contribution in [-0.4, -0.2) is 28.2 Å². The van der Waals surface area contributed by atoms with Crippen LogP contribution in [0.5, 0.6) is 0 Å². The number of hydrogen-bond donors (Lipinski definition) is 1. The Morgan fingerprint density at radius 2 is 2.38 bits per heavy atom. The van der Waals surface area contributed by atoms with Crippen molar-refractivity contribution in [2.75, 3.05) is 6.54 Å². The lowest BCUT2D eigenvalue weighted by atomic mass is 10.2. The highest BCUT2D eigenvalue weighted by Gasteiger charge is 2.07. The third-order valence-corrected chi connectivity index (χ3v) is 1.70. The van der Waals surface area contributed by atoms with E-state index in [0.29, 0.717) is 18.2 Å². The van der Waals surface area contributed by atoms with Crippen molar-refractivity contribution < 1.29 is 4.79 Å². The van der Waals surface area contributed by atoms with E-state index >= 15 is 0 Å². The molecule has 1 rings (SSSR count). The van der Waals surface area contributed by atoms with Gasteiger partial charge in [-0.2, -0.15) is 5.10 Å². The van der Waals surface area contributed by atoms with Crippen molar-refractivity contribution in [1.82, 2.24) is 15.1 Å². The van der Waals surface area contributed by atoms with Gasteiger partial charge in [-0.25, -0.2) is 0 Å². The van der Waals surface area contributed by atoms with Gasteiger partial charge in [-0.15, -0.1) is 0 Å². The average molecular weight is 181 g/mol. The highest BCUT2D eigenvalue weighted by molar-refractivity contribution is 5.97. The summed E-state index contributed by atoms with van der Waals surface area (Å²) in [5, 5.41) is 7.00. The molecule has 1 aromatic rings. The maximum Gasteiger partial charge on any atom is 0.179 e. The number of nitrogens with zero attached hydrogens (tertiary/aromatic N) is 2. The first-order valence-corrected chi connectivity index (χ1v) is 4.35. The van der Waals surface area contributed by atoms with Gasteiger partial charge in [0.05, 0.1) is 18.3 Å². The molecule has 1 heterocycles. The van der Waals surface area contributed by atoms with E-state index in [9.17, 15) is 4.79 Å². The largest absolute Gasteiger partial charge is 0.307 e. The molecule has 13 heavy (non-hydrogen) atoms. The molecule has 0 saturated heterocycles. The van der Waals surface area contributed by atoms with Crippen molar-refractivity contribution in [3.05, 3.63) is 18.0 Å². The molecule has 1 N–H and O–H groups in total. The first-order chi connectivity index (χ1) is 6.09. The maximum absolute atomic E-state index is 11.4. The minimum atomic E-state index is 0.0850. The third kappa shape index (κ3) is 2.99. The Morgan fingerprint density at radius 3 is 2.85 bits per heavy atom. The number of aromatic nitrogens is 2. The second kappa shape index (κ2) is 4.18. The highest BCUT2D eigenvalue weighted by Crippen LogP contribution is 1.96. The van der Waals surface area contributed by atoms with Crippen molar-refractivity contribution in [3.63, 3.8) is 0 Å². The number of Topliss-reactive ketones (excluding diaryl/α,β-unsaturated/α-hetero) is 1. The van der Waals surface area contributed by atoms with E-state index < -0.39 is 0 Å². The number of carbonyl (C=O) groups excluding carboxylic acids is 1. The fraction of sp³-hybridized carbons (Fsp3) is 0.556. The second-order valence-corrected chi connectivity index (χ2v) is 3.36. The summed E-state index contributed by atoms with van der Waals surface area (Å²) in [6, 6.07) is 0.334. The van der Waals surface area contributed by atoms with Crippen LogP contribution in [0.3, 0.4) is 0 Å². The normalized spacial score (nSPS) is 10.8. The van der Waals surface area contributed by atoms with Crippen molar-refractivity contribution >= 4 is 5.78 Å². The van der Waals surface area contributed by atoms with Crippen LogP contribution in [0.15, 0.2) is 12.4 Å². The van der Waals surface area contributed by atoms with Crippen molar-refractivity contribution in [2.45, 2.75) is 19.9 Å². The minimum absolute atomic E-state index is 0.0850. The molecule has 4 heteroatoms. The van der Waals surface area contributed by atoms with Gasteiger partial charge >= 0.3 is 0 Å². The second-order valence-electron chi connectivity index (χ2n) is 3.36. The van der Waals surface area contributed by atoms with E-state index in [1.165, 1.54) is 0 Å². The molecule has 0 bridgehead atoms. The van der Waals surface area contributed by atoms with Crippen molar-refractivity contribution in [2.24, 2.45) is 7.05 Å². The molecule has 0 radical (unpaired) electrons. The Hall–Kier alpha value is -1.16. The van der Waals surface area contributed by atoms with Crippen LogP contribution >= 0.6 is 0 Å². The molecule has 1 aromatic heterocycles. The van der Waals surface area contributed by atoms with E-state index in [-0.39, 0.29) is 5.78 Å². The topological polar surface area (TPSA) is 46.9 Å². The molecular formula is C9H15N3O. The lowest BCUT2D eigenvalue weighted by Crippen LogP contribution is -2.28. The highest BCUT2D eigenvalue weighted by atomic mass is 16.1. The molecule has 0 aliphatic rings. The van der Waals surface area contributed by atoms with Gasteiger partial charge in [-0.1, -0.05) is 13.8 Å². The Balaban J connectivity index is 2.49. The SMILES string of the molecule is CC(C)NCC(=O)c1cnn(C)c1. The van der Waals surface area contributed by atoms with Gasteiger partial charge < -0.3 is 5.32 Å². The van der Waals surface area contributed by atoms with Crippen LogP contribution in [-0.2, 0) is 7.05 Å². The lowest BCUT2D eigenvalue weighted by molar-refractivity contribution is 0.0988. The molecule has 0 fully saturated rings. The van der Waals surface area contributed by atoms with Crippen LogP contribution in [0.2, 0.25) is 0 Å². The van der Waals surface area contributed by atoms with Crippen LogP contribution in [0.25, 0.3) is 0 Å². The molecule has 0 saturated carbocycles. The molecule has 0 atom stereocenters. The summed E-state index contributed by atoms with van der Waals surface area (Å²) in [5.74, 6) is 0.0850. The van der Waals surface area contributed by atoms with Gasteiger partial charge in [0.25, 0.3) is 0 Å². The standard InChI is InChI=1S/C9H15N3O/c1-7(2)10-5-9(13)8-4-11-12(3)6-8/h4,6-7,10H,5H2,1-3H3. The summed E-state index contributed by atoms with van der Waals surface area (Å²) in [4.78, 5) is 11.4. The molecule has 0 spiro atoms. The predicted molar refractivity (Wildman–Crippen MR) is 50.7 cm³/mol. The van der Waals surface area contributed by atoms with Crippen LogP contribution < -0.4 is 5.32 Å². The summed E-state index contributed by atoms with van der Waals surface area (Å²) >= 11 is 0. The fourth-order valence-corrected chi connectivity index (χ4v) is 0.964. The molecule has 4 nitrogen and oxygen atoms in total. The molecule has 0 aromatic carbocycles. The number of hydrogen-bond acceptors (Lipinski definition) is 3. The van der Waals surface area contributed by atoms with Gasteiger partial charge in [-0.3, -0.25) is 9.48 Å². The number of nitrogens with one attached hydrogen (secondary N) is 1. The minimum Gasteiger partial charge on any atom is -0.307 e. The zero-order chi connectivity index (χ0) is 9.84. The van der Waals surface area contributed by atoms with Gasteiger partial charge in [-0.05, 0) is 0 Å². The maximum atomic E-state index is 11.4. The van der Waals surface area contributed by atoms with Crippen LogP contribution in [0.1, 0.15) is 24.2 Å². The van der Waals surface area contributed by atoms with Gasteiger partial charge in [0, 0.05) is 19.3 Å². The number of rotatable bonds is 4. The monoisotopic (exact) mass is 181 g/mol. The van der Waals surface area contributed by atoms with E-state index in [1.54, 1.807) is 24.1 Å². The van der Waals surface area contributed by atoms with Gasteiger partial charge in [0.2, 0.25) is 0 Å². The van der Waals surface area contributed by atoms with Gasteiger partial charge in [0.1, 0.15) is 0 Å². The van der Waals surface area contributed by atoms with Crippen LogP contribution in [0.4, 0.5) is 0 Å². The number of ketones is 1. The smallest absolute Gasteiger partial charge is 0.179 e. The third-order valence-electron chi connectivity index (χ3n) is 1.70. The molecule has 0 aliphatic carbocycles. The van der Waals surface area contributed by atoms with Gasteiger partial charge in [0.15, 0.2) is 5.78 Å². The van der Waals surface area contributed by atoms with Crippen molar-refractivity contribution in [3.8, 4) is 0 Å². The molecule has 0 unspecified atom stereocenters. The summed E-state index contributed by atoms with van der Waals surface area (Å²) in [6.45, 7) is 4.40. The molecule has 72 valence electrons. The quantitative estimate of drug-likeness (QED) is 0.692. The summed E-state index contributed by atoms with van der Waals surface area (Å²) in [7, 11) is 1.80. The van der Waals surface area contributed by atoms with Crippen LogP contribution in [0, 0.1) is 0 Å². The first kappa shape index (κ1) is 9.92. The summed E-state index contributed by atoms with van der Waals surface area (Å²) in [5.41, 5.74) is 0.663. The van der Waals surface area contributed by atoms with E-state index in [4.69, 9.17) is 0 Å². The van der Waals surface area contributed by atoms with E-state index in [0.717, 1.165) is 0 Å². The zero-order valence-corrected chi connectivity index (χ0v) is 8.24. The Kier molecular flexibility index (Phi) is 3.19. The summed E-state index contributed by atoms with van der Waals surface area (Å²) in [6.07, 6.45) is 3.31. The molecular weight excluding hydrogens is 166 g/mol. The Labute approximate surface area is 77.9 Å². The fourth-order valence-electron chi connectivity index (χ4n) is 0.964. The Bertz CT molecular complexity index is 291. The van der Waals surface area contributed by atoms with E-state index in [2.05, 4.69) is 10.4 Å². The molecule has 0 amide bonds. The first-order valence-electron chi connectivity index (χ1n) is 4.35. The number of carbonyl (C=O) groups is 1. The number of aryl methyl sites for hydroxylation is 1. The van der Waals surface area contributed by atoms with E-state index in [1.807, 2.05) is 13.8 Å². The average Bonchev–Trinajstić information content (AvgIpc) is 2.47. The predicted octanol–water partition coefficient (Wildman–Crippen LogP) is 0.601. The lowest BCUT2D eigenvalue weighted by Gasteiger charge is -2.05. The Morgan fingerprint density at radius 1 is 1.69 bits per heavy atom. The zero-order valence-electron chi connectivity index (χ0n) is 8.24.